The number of piperidine rings is 1. The SMILES string of the molecule is NC(=O)c1ccc(N2CCN(CCN3CCCCC3)CC2)cc1. The average molecular weight is 316 g/mol. The molecule has 2 saturated heterocycles. The minimum absolute atomic E-state index is 0.362. The lowest BCUT2D eigenvalue weighted by Crippen LogP contribution is -2.48. The molecule has 5 nitrogen and oxygen atoms in total. The Morgan fingerprint density at radius 1 is 0.826 bits per heavy atom. The van der Waals surface area contributed by atoms with Gasteiger partial charge in [-0.3, -0.25) is 9.69 Å². The zero-order chi connectivity index (χ0) is 16.1. The van der Waals surface area contributed by atoms with Crippen LogP contribution in [0.4, 0.5) is 5.69 Å². The van der Waals surface area contributed by atoms with Gasteiger partial charge in [0.15, 0.2) is 0 Å². The van der Waals surface area contributed by atoms with Crippen molar-refractivity contribution in [1.29, 1.82) is 0 Å². The number of carbonyl (C=O) groups is 1. The fourth-order valence-corrected chi connectivity index (χ4v) is 3.53. The van der Waals surface area contributed by atoms with E-state index in [0.29, 0.717) is 5.56 Å². The first-order chi connectivity index (χ1) is 11.2. The highest BCUT2D eigenvalue weighted by Crippen LogP contribution is 2.17. The van der Waals surface area contributed by atoms with E-state index in [2.05, 4.69) is 14.7 Å². The molecular weight excluding hydrogens is 288 g/mol. The zero-order valence-corrected chi connectivity index (χ0v) is 13.9. The molecule has 1 aromatic carbocycles. The van der Waals surface area contributed by atoms with Crippen LogP contribution < -0.4 is 10.6 Å². The Labute approximate surface area is 139 Å². The van der Waals surface area contributed by atoms with Gasteiger partial charge in [0.1, 0.15) is 0 Å². The third kappa shape index (κ3) is 4.45. The number of nitrogens with two attached hydrogens (primary N) is 1. The Kier molecular flexibility index (Phi) is 5.51. The summed E-state index contributed by atoms with van der Waals surface area (Å²) in [5.41, 5.74) is 7.06. The molecular formula is C18H28N4O. The van der Waals surface area contributed by atoms with E-state index in [-0.39, 0.29) is 5.91 Å². The number of piperazine rings is 1. The molecule has 2 aliphatic heterocycles. The molecule has 3 rings (SSSR count). The summed E-state index contributed by atoms with van der Waals surface area (Å²) < 4.78 is 0. The number of anilines is 1. The van der Waals surface area contributed by atoms with Crippen molar-refractivity contribution < 1.29 is 4.79 Å². The molecule has 0 atom stereocenters. The Hall–Kier alpha value is -1.59. The first-order valence-electron chi connectivity index (χ1n) is 8.82. The van der Waals surface area contributed by atoms with E-state index in [1.165, 1.54) is 51.1 Å². The highest BCUT2D eigenvalue weighted by molar-refractivity contribution is 5.93. The molecule has 126 valence electrons. The number of likely N-dealkylation sites (tertiary alicyclic amines) is 1. The molecule has 0 bridgehead atoms. The zero-order valence-electron chi connectivity index (χ0n) is 13.9. The fraction of sp³-hybridized carbons (Fsp3) is 0.611. The van der Waals surface area contributed by atoms with Crippen molar-refractivity contribution in [1.82, 2.24) is 9.80 Å². The van der Waals surface area contributed by atoms with Crippen molar-refractivity contribution in [3.8, 4) is 0 Å². The van der Waals surface area contributed by atoms with E-state index < -0.39 is 0 Å². The third-order valence-electron chi connectivity index (χ3n) is 5.07. The van der Waals surface area contributed by atoms with Gasteiger partial charge in [0, 0.05) is 50.5 Å². The lowest BCUT2D eigenvalue weighted by Gasteiger charge is -2.37. The summed E-state index contributed by atoms with van der Waals surface area (Å²) in [6.07, 6.45) is 4.15. The van der Waals surface area contributed by atoms with Crippen LogP contribution in [0.25, 0.3) is 0 Å². The third-order valence-corrected chi connectivity index (χ3v) is 5.07. The maximum atomic E-state index is 11.1. The second-order valence-corrected chi connectivity index (χ2v) is 6.64. The minimum atomic E-state index is -0.362. The summed E-state index contributed by atoms with van der Waals surface area (Å²) in [6, 6.07) is 7.65. The number of carbonyl (C=O) groups excluding carboxylic acids is 1. The fourth-order valence-electron chi connectivity index (χ4n) is 3.53. The number of hydrogen-bond acceptors (Lipinski definition) is 4. The van der Waals surface area contributed by atoms with E-state index in [4.69, 9.17) is 5.73 Å². The Bertz CT molecular complexity index is 502. The summed E-state index contributed by atoms with van der Waals surface area (Å²) >= 11 is 0. The summed E-state index contributed by atoms with van der Waals surface area (Å²) in [6.45, 7) is 9.31. The molecule has 0 radical (unpaired) electrons. The van der Waals surface area contributed by atoms with Gasteiger partial charge in [0.2, 0.25) is 5.91 Å². The van der Waals surface area contributed by atoms with E-state index in [0.717, 1.165) is 26.2 Å². The summed E-state index contributed by atoms with van der Waals surface area (Å²) in [5, 5.41) is 0. The van der Waals surface area contributed by atoms with E-state index in [9.17, 15) is 4.79 Å². The number of amides is 1. The van der Waals surface area contributed by atoms with E-state index in [1.54, 1.807) is 0 Å². The average Bonchev–Trinajstić information content (AvgIpc) is 2.61. The summed E-state index contributed by atoms with van der Waals surface area (Å²) in [7, 11) is 0. The molecule has 2 aliphatic rings. The summed E-state index contributed by atoms with van der Waals surface area (Å²) in [5.74, 6) is -0.362. The van der Waals surface area contributed by atoms with Crippen molar-refractivity contribution in [2.75, 3.05) is 57.3 Å². The molecule has 23 heavy (non-hydrogen) atoms. The van der Waals surface area contributed by atoms with Crippen molar-refractivity contribution in [2.24, 2.45) is 5.73 Å². The van der Waals surface area contributed by atoms with Crippen LogP contribution in [0.15, 0.2) is 24.3 Å². The molecule has 5 heteroatoms. The van der Waals surface area contributed by atoms with Crippen molar-refractivity contribution in [3.05, 3.63) is 29.8 Å². The number of benzene rings is 1. The minimum Gasteiger partial charge on any atom is -0.369 e. The lowest BCUT2D eigenvalue weighted by molar-refractivity contribution is 0.100. The molecule has 0 saturated carbocycles. The Morgan fingerprint density at radius 3 is 1.96 bits per heavy atom. The Balaban J connectivity index is 1.43. The second-order valence-electron chi connectivity index (χ2n) is 6.64. The molecule has 0 aromatic heterocycles. The maximum Gasteiger partial charge on any atom is 0.248 e. The van der Waals surface area contributed by atoms with Gasteiger partial charge in [-0.1, -0.05) is 6.42 Å². The van der Waals surface area contributed by atoms with Crippen LogP contribution in [-0.4, -0.2) is 68.1 Å². The number of rotatable bonds is 5. The normalized spacial score (nSPS) is 20.6. The van der Waals surface area contributed by atoms with E-state index in [1.807, 2.05) is 24.3 Å². The molecule has 0 aliphatic carbocycles. The monoisotopic (exact) mass is 316 g/mol. The molecule has 2 heterocycles. The van der Waals surface area contributed by atoms with Gasteiger partial charge in [-0.15, -0.1) is 0 Å². The van der Waals surface area contributed by atoms with Crippen molar-refractivity contribution >= 4 is 11.6 Å². The summed E-state index contributed by atoms with van der Waals surface area (Å²) in [4.78, 5) is 18.7. The molecule has 1 amide bonds. The number of hydrogen-bond donors (Lipinski definition) is 1. The predicted octanol–water partition coefficient (Wildman–Crippen LogP) is 1.39. The van der Waals surface area contributed by atoms with Crippen LogP contribution in [0.5, 0.6) is 0 Å². The number of nitrogens with zero attached hydrogens (tertiary/aromatic N) is 3. The number of primary amides is 1. The van der Waals surface area contributed by atoms with Gasteiger partial charge in [-0.05, 0) is 50.2 Å². The van der Waals surface area contributed by atoms with Crippen LogP contribution in [0.2, 0.25) is 0 Å². The van der Waals surface area contributed by atoms with Gasteiger partial charge in [0.05, 0.1) is 0 Å². The van der Waals surface area contributed by atoms with Crippen molar-refractivity contribution in [2.45, 2.75) is 19.3 Å². The first-order valence-corrected chi connectivity index (χ1v) is 8.82. The highest BCUT2D eigenvalue weighted by Gasteiger charge is 2.18. The van der Waals surface area contributed by atoms with Crippen LogP contribution >= 0.6 is 0 Å². The van der Waals surface area contributed by atoms with Crippen LogP contribution in [0, 0.1) is 0 Å². The maximum absolute atomic E-state index is 11.1. The first kappa shape index (κ1) is 16.3. The van der Waals surface area contributed by atoms with Crippen molar-refractivity contribution in [3.63, 3.8) is 0 Å². The molecule has 1 aromatic rings. The quantitative estimate of drug-likeness (QED) is 0.892. The van der Waals surface area contributed by atoms with Gasteiger partial charge in [-0.25, -0.2) is 0 Å². The Morgan fingerprint density at radius 2 is 1.39 bits per heavy atom. The molecule has 2 fully saturated rings. The second kappa shape index (κ2) is 7.79. The van der Waals surface area contributed by atoms with Crippen LogP contribution in [-0.2, 0) is 0 Å². The van der Waals surface area contributed by atoms with Crippen LogP contribution in [0.3, 0.4) is 0 Å². The lowest BCUT2D eigenvalue weighted by atomic mass is 10.1. The van der Waals surface area contributed by atoms with Gasteiger partial charge in [0.25, 0.3) is 0 Å². The molecule has 0 spiro atoms. The largest absolute Gasteiger partial charge is 0.369 e. The predicted molar refractivity (Wildman–Crippen MR) is 93.9 cm³/mol. The van der Waals surface area contributed by atoms with Gasteiger partial charge < -0.3 is 15.5 Å². The molecule has 0 unspecified atom stereocenters. The standard InChI is InChI=1S/C18H28N4O/c19-18(23)16-4-6-17(7-5-16)22-14-12-21(13-15-22)11-10-20-8-2-1-3-9-20/h4-7H,1-3,8-15H2,(H2,19,23). The highest BCUT2D eigenvalue weighted by atomic mass is 16.1. The van der Waals surface area contributed by atoms with Crippen LogP contribution in [0.1, 0.15) is 29.6 Å². The van der Waals surface area contributed by atoms with E-state index >= 15 is 0 Å². The topological polar surface area (TPSA) is 52.8 Å². The van der Waals surface area contributed by atoms with Gasteiger partial charge >= 0.3 is 0 Å². The molecule has 2 N–H and O–H groups in total. The smallest absolute Gasteiger partial charge is 0.248 e. The van der Waals surface area contributed by atoms with Gasteiger partial charge in [-0.2, -0.15) is 0 Å².